The third-order valence-corrected chi connectivity index (χ3v) is 4.94. The van der Waals surface area contributed by atoms with Crippen LogP contribution in [0.5, 0.6) is 0 Å². The number of rotatable bonds is 4. The zero-order chi connectivity index (χ0) is 18.8. The molecule has 1 heterocycles. The van der Waals surface area contributed by atoms with Crippen LogP contribution in [0.15, 0.2) is 29.4 Å². The number of piperidine rings is 1. The molecular weight excluding hydrogens is 363 g/mol. The highest BCUT2D eigenvalue weighted by atomic mass is 32.2. The fourth-order valence-corrected chi connectivity index (χ4v) is 3.02. The summed E-state index contributed by atoms with van der Waals surface area (Å²) in [7, 11) is -5.57. The normalized spacial score (nSPS) is 20.8. The summed E-state index contributed by atoms with van der Waals surface area (Å²) in [5, 5.41) is 11.9. The third-order valence-electron chi connectivity index (χ3n) is 3.84. The Bertz CT molecular complexity index is 793. The Labute approximate surface area is 142 Å². The molecule has 1 aromatic carbocycles. The molecule has 0 spiro atoms. The standard InChI is InChI=1S/C14H16F3N3O4S/c1-9-6-7-20(13(21)12(9)18-22)8-10-4-2-3-5-11(10)19-25(23,24)14(15,16)17/h2-5,9,19,22H,6-8H2,1H3/b18-12+/t9-/m0/s1. The zero-order valence-electron chi connectivity index (χ0n) is 13.1. The predicted octanol–water partition coefficient (Wildman–Crippen LogP) is 2.15. The van der Waals surface area contributed by atoms with Crippen LogP contribution in [-0.2, 0) is 21.4 Å². The van der Waals surface area contributed by atoms with Crippen LogP contribution in [0.25, 0.3) is 0 Å². The molecule has 1 atom stereocenters. The molecule has 1 amide bonds. The number of alkyl halides is 3. The summed E-state index contributed by atoms with van der Waals surface area (Å²) in [6, 6.07) is 5.48. The van der Waals surface area contributed by atoms with Crippen molar-refractivity contribution in [2.45, 2.75) is 25.4 Å². The maximum atomic E-state index is 12.6. The maximum Gasteiger partial charge on any atom is 0.516 e. The van der Waals surface area contributed by atoms with E-state index in [0.717, 1.165) is 0 Å². The highest BCUT2D eigenvalue weighted by molar-refractivity contribution is 7.93. The first-order chi connectivity index (χ1) is 11.6. The lowest BCUT2D eigenvalue weighted by Crippen LogP contribution is -2.45. The molecule has 25 heavy (non-hydrogen) atoms. The fourth-order valence-electron chi connectivity index (χ4n) is 2.42. The number of halogens is 3. The van der Waals surface area contributed by atoms with Gasteiger partial charge in [0.05, 0.1) is 5.69 Å². The van der Waals surface area contributed by atoms with E-state index in [4.69, 9.17) is 5.21 Å². The van der Waals surface area contributed by atoms with E-state index in [9.17, 15) is 26.4 Å². The van der Waals surface area contributed by atoms with Crippen molar-refractivity contribution in [2.24, 2.45) is 11.1 Å². The molecule has 0 unspecified atom stereocenters. The molecule has 1 saturated heterocycles. The fraction of sp³-hybridized carbons (Fsp3) is 0.429. The van der Waals surface area contributed by atoms with Gasteiger partial charge < -0.3 is 10.1 Å². The molecule has 0 aromatic heterocycles. The van der Waals surface area contributed by atoms with E-state index in [2.05, 4.69) is 5.16 Å². The first-order valence-corrected chi connectivity index (χ1v) is 8.73. The van der Waals surface area contributed by atoms with Crippen molar-refractivity contribution in [3.63, 3.8) is 0 Å². The molecule has 7 nitrogen and oxygen atoms in total. The molecule has 0 bridgehead atoms. The lowest BCUT2D eigenvalue weighted by molar-refractivity contribution is -0.126. The summed E-state index contributed by atoms with van der Waals surface area (Å²) < 4.78 is 61.8. The van der Waals surface area contributed by atoms with Crippen molar-refractivity contribution >= 4 is 27.3 Å². The van der Waals surface area contributed by atoms with E-state index in [1.807, 2.05) is 0 Å². The third kappa shape index (κ3) is 4.03. The van der Waals surface area contributed by atoms with Crippen molar-refractivity contribution in [1.29, 1.82) is 0 Å². The number of likely N-dealkylation sites (tertiary alicyclic amines) is 1. The minimum absolute atomic E-state index is 0.0420. The van der Waals surface area contributed by atoms with Gasteiger partial charge in [-0.1, -0.05) is 30.3 Å². The van der Waals surface area contributed by atoms with Crippen LogP contribution in [0.4, 0.5) is 18.9 Å². The van der Waals surface area contributed by atoms with Crippen LogP contribution >= 0.6 is 0 Å². The Kier molecular flexibility index (Phi) is 5.26. The number of benzene rings is 1. The molecule has 1 aromatic rings. The summed E-state index contributed by atoms with van der Waals surface area (Å²) in [6.45, 7) is 1.90. The summed E-state index contributed by atoms with van der Waals surface area (Å²) in [5.74, 6) is -0.789. The number of anilines is 1. The van der Waals surface area contributed by atoms with Gasteiger partial charge in [-0.25, -0.2) is 0 Å². The predicted molar refractivity (Wildman–Crippen MR) is 83.5 cm³/mol. The van der Waals surface area contributed by atoms with Gasteiger partial charge in [0.1, 0.15) is 5.71 Å². The van der Waals surface area contributed by atoms with Crippen LogP contribution < -0.4 is 4.72 Å². The van der Waals surface area contributed by atoms with Gasteiger partial charge in [-0.2, -0.15) is 21.6 Å². The first-order valence-electron chi connectivity index (χ1n) is 7.25. The van der Waals surface area contributed by atoms with Crippen LogP contribution in [0, 0.1) is 5.92 Å². The SMILES string of the molecule is C[C@H]1CCN(Cc2ccccc2NS(=O)(=O)C(F)(F)F)C(=O)/C1=N/O. The lowest BCUT2D eigenvalue weighted by Gasteiger charge is -2.31. The highest BCUT2D eigenvalue weighted by Crippen LogP contribution is 2.28. The largest absolute Gasteiger partial charge is 0.516 e. The molecule has 1 aliphatic heterocycles. The van der Waals surface area contributed by atoms with E-state index in [0.29, 0.717) is 13.0 Å². The molecule has 11 heteroatoms. The molecule has 1 fully saturated rings. The van der Waals surface area contributed by atoms with Crippen LogP contribution in [0.1, 0.15) is 18.9 Å². The Morgan fingerprint density at radius 3 is 2.60 bits per heavy atom. The van der Waals surface area contributed by atoms with Gasteiger partial charge >= 0.3 is 15.5 Å². The number of hydrogen-bond acceptors (Lipinski definition) is 5. The number of oxime groups is 1. The number of sulfonamides is 1. The number of carbonyl (C=O) groups is 1. The summed E-state index contributed by atoms with van der Waals surface area (Å²) in [6.07, 6.45) is 0.515. The van der Waals surface area contributed by atoms with Gasteiger partial charge in [-0.15, -0.1) is 0 Å². The number of nitrogens with zero attached hydrogens (tertiary/aromatic N) is 2. The molecule has 1 aliphatic rings. The first kappa shape index (κ1) is 19.0. The van der Waals surface area contributed by atoms with Gasteiger partial charge in [0.25, 0.3) is 5.91 Å². The van der Waals surface area contributed by atoms with Gasteiger partial charge in [-0.05, 0) is 18.1 Å². The van der Waals surface area contributed by atoms with E-state index in [1.54, 1.807) is 6.92 Å². The average molecular weight is 379 g/mol. The average Bonchev–Trinajstić information content (AvgIpc) is 2.51. The Morgan fingerprint density at radius 1 is 1.36 bits per heavy atom. The van der Waals surface area contributed by atoms with Gasteiger partial charge in [-0.3, -0.25) is 9.52 Å². The van der Waals surface area contributed by atoms with Crippen LogP contribution in [0.3, 0.4) is 0 Å². The summed E-state index contributed by atoms with van der Waals surface area (Å²) in [4.78, 5) is 13.5. The molecule has 0 radical (unpaired) electrons. The molecule has 0 saturated carbocycles. The molecule has 0 aliphatic carbocycles. The van der Waals surface area contributed by atoms with Crippen molar-refractivity contribution in [2.75, 3.05) is 11.3 Å². The maximum absolute atomic E-state index is 12.6. The highest BCUT2D eigenvalue weighted by Gasteiger charge is 2.46. The lowest BCUT2D eigenvalue weighted by atomic mass is 9.95. The number of nitrogens with one attached hydrogen (secondary N) is 1. The topological polar surface area (TPSA) is 99.1 Å². The van der Waals surface area contributed by atoms with E-state index in [-0.39, 0.29) is 29.4 Å². The van der Waals surface area contributed by atoms with E-state index in [1.165, 1.54) is 33.9 Å². The quantitative estimate of drug-likeness (QED) is 0.618. The van der Waals surface area contributed by atoms with Crippen LogP contribution in [0.2, 0.25) is 0 Å². The van der Waals surface area contributed by atoms with Gasteiger partial charge in [0.15, 0.2) is 0 Å². The van der Waals surface area contributed by atoms with Crippen LogP contribution in [-0.4, -0.2) is 42.2 Å². The Balaban J connectivity index is 2.26. The van der Waals surface area contributed by atoms with Crippen molar-refractivity contribution in [3.8, 4) is 0 Å². The van der Waals surface area contributed by atoms with E-state index < -0.39 is 21.4 Å². The molecule has 138 valence electrons. The number of hydrogen-bond donors (Lipinski definition) is 2. The minimum atomic E-state index is -5.57. The number of para-hydroxylation sites is 1. The molecular formula is C14H16F3N3O4S. The molecule has 2 rings (SSSR count). The Morgan fingerprint density at radius 2 is 2.00 bits per heavy atom. The van der Waals surface area contributed by atoms with Gasteiger partial charge in [0.2, 0.25) is 0 Å². The monoisotopic (exact) mass is 379 g/mol. The second-order valence-corrected chi connectivity index (χ2v) is 7.28. The second-order valence-electron chi connectivity index (χ2n) is 5.61. The minimum Gasteiger partial charge on any atom is -0.410 e. The summed E-state index contributed by atoms with van der Waals surface area (Å²) in [5.41, 5.74) is -5.57. The second kappa shape index (κ2) is 6.90. The number of carbonyl (C=O) groups excluding carboxylic acids is 1. The summed E-state index contributed by atoms with van der Waals surface area (Å²) >= 11 is 0. The van der Waals surface area contributed by atoms with E-state index >= 15 is 0 Å². The smallest absolute Gasteiger partial charge is 0.410 e. The Hall–Kier alpha value is -2.30. The van der Waals surface area contributed by atoms with Gasteiger partial charge in [0, 0.05) is 19.0 Å². The molecule has 2 N–H and O–H groups in total. The van der Waals surface area contributed by atoms with Crippen molar-refractivity contribution in [1.82, 2.24) is 4.90 Å². The van der Waals surface area contributed by atoms with Crippen molar-refractivity contribution in [3.05, 3.63) is 29.8 Å². The zero-order valence-corrected chi connectivity index (χ0v) is 13.9. The number of amides is 1. The van der Waals surface area contributed by atoms with Crippen molar-refractivity contribution < 1.29 is 31.6 Å².